The minimum atomic E-state index is 0.699. The number of fused-ring (bicyclic) bond motifs is 1. The molecule has 2 aromatic rings. The number of rotatable bonds is 6. The zero-order valence-corrected chi connectivity index (χ0v) is 13.2. The van der Waals surface area contributed by atoms with Crippen molar-refractivity contribution in [2.45, 2.75) is 12.8 Å². The number of hydrogen-bond donors (Lipinski definition) is 0. The van der Waals surface area contributed by atoms with E-state index in [2.05, 4.69) is 26.8 Å². The van der Waals surface area contributed by atoms with Gasteiger partial charge in [-0.3, -0.25) is 0 Å². The molecule has 1 aliphatic rings. The van der Waals surface area contributed by atoms with Gasteiger partial charge in [0.05, 0.1) is 17.5 Å². The van der Waals surface area contributed by atoms with Gasteiger partial charge >= 0.3 is 0 Å². The number of unbranched alkanes of at least 4 members (excludes halogenated alkanes) is 1. The Morgan fingerprint density at radius 2 is 1.86 bits per heavy atom. The molecule has 0 N–H and O–H groups in total. The van der Waals surface area contributed by atoms with Crippen LogP contribution in [-0.2, 0) is 0 Å². The summed E-state index contributed by atoms with van der Waals surface area (Å²) in [5.41, 5.74) is 0.935. The molecule has 0 spiro atoms. The molecule has 0 saturated carbocycles. The normalized spacial score (nSPS) is 17.0. The van der Waals surface area contributed by atoms with Gasteiger partial charge in [-0.15, -0.1) is 0 Å². The molecule has 0 amide bonds. The lowest BCUT2D eigenvalue weighted by Crippen LogP contribution is -2.44. The molecule has 5 nitrogen and oxygen atoms in total. The van der Waals surface area contributed by atoms with Gasteiger partial charge in [-0.05, 0) is 38.6 Å². The van der Waals surface area contributed by atoms with Crippen molar-refractivity contribution < 1.29 is 4.74 Å². The highest BCUT2D eigenvalue weighted by atomic mass is 16.5. The third-order valence-corrected chi connectivity index (χ3v) is 4.21. The Hall–Kier alpha value is -1.72. The van der Waals surface area contributed by atoms with Crippen molar-refractivity contribution >= 4 is 10.9 Å². The van der Waals surface area contributed by atoms with E-state index in [1.165, 1.54) is 39.1 Å². The van der Waals surface area contributed by atoms with Crippen LogP contribution in [0.3, 0.4) is 0 Å². The Kier molecular flexibility index (Phi) is 5.19. The molecule has 0 aliphatic carbocycles. The molecule has 0 atom stereocenters. The molecule has 0 bridgehead atoms. The summed E-state index contributed by atoms with van der Waals surface area (Å²) in [6.45, 7) is 6.63. The van der Waals surface area contributed by atoms with Crippen LogP contribution >= 0.6 is 0 Å². The number of piperazine rings is 1. The number of hydrogen-bond acceptors (Lipinski definition) is 5. The van der Waals surface area contributed by atoms with E-state index in [9.17, 15) is 0 Å². The third-order valence-electron chi connectivity index (χ3n) is 4.21. The second-order valence-corrected chi connectivity index (χ2v) is 5.90. The van der Waals surface area contributed by atoms with Crippen LogP contribution in [0.5, 0.6) is 5.88 Å². The second kappa shape index (κ2) is 7.51. The first-order chi connectivity index (χ1) is 10.8. The van der Waals surface area contributed by atoms with Crippen LogP contribution in [0.15, 0.2) is 30.6 Å². The van der Waals surface area contributed by atoms with Gasteiger partial charge in [0.25, 0.3) is 0 Å². The van der Waals surface area contributed by atoms with Crippen LogP contribution in [0.25, 0.3) is 10.9 Å². The van der Waals surface area contributed by atoms with E-state index in [-0.39, 0.29) is 0 Å². The van der Waals surface area contributed by atoms with E-state index >= 15 is 0 Å². The maximum Gasteiger partial charge on any atom is 0.224 e. The number of benzene rings is 1. The monoisotopic (exact) mass is 300 g/mol. The summed E-state index contributed by atoms with van der Waals surface area (Å²) in [7, 11) is 2.19. The number of ether oxygens (including phenoxy) is 1. The van der Waals surface area contributed by atoms with Gasteiger partial charge in [-0.2, -0.15) is 0 Å². The average Bonchev–Trinajstić information content (AvgIpc) is 2.56. The molecule has 2 heterocycles. The number of likely N-dealkylation sites (N-methyl/N-ethyl adjacent to an activating group) is 1. The van der Waals surface area contributed by atoms with Gasteiger partial charge in [0.2, 0.25) is 5.88 Å². The van der Waals surface area contributed by atoms with Gasteiger partial charge < -0.3 is 14.5 Å². The standard InChI is InChI=1S/C17H24N4O/c1-20-9-11-21(12-10-20)8-4-5-13-22-17-15-6-2-3-7-16(15)18-14-19-17/h2-3,6-7,14H,4-5,8-13H2,1H3. The van der Waals surface area contributed by atoms with Crippen molar-refractivity contribution in [3.63, 3.8) is 0 Å². The first-order valence-electron chi connectivity index (χ1n) is 8.06. The molecule has 1 fully saturated rings. The van der Waals surface area contributed by atoms with Gasteiger partial charge in [0.15, 0.2) is 0 Å². The molecular weight excluding hydrogens is 276 g/mol. The molecule has 22 heavy (non-hydrogen) atoms. The fraction of sp³-hybridized carbons (Fsp3) is 0.529. The topological polar surface area (TPSA) is 41.5 Å². The number of nitrogens with zero attached hydrogens (tertiary/aromatic N) is 4. The molecule has 118 valence electrons. The van der Waals surface area contributed by atoms with Crippen LogP contribution < -0.4 is 4.74 Å². The summed E-state index contributed by atoms with van der Waals surface area (Å²) in [5.74, 6) is 0.699. The molecule has 0 unspecified atom stereocenters. The molecule has 1 aromatic heterocycles. The molecular formula is C17H24N4O. The Balaban J connectivity index is 1.41. The van der Waals surface area contributed by atoms with Crippen LogP contribution in [0.1, 0.15) is 12.8 Å². The highest BCUT2D eigenvalue weighted by Crippen LogP contribution is 2.20. The van der Waals surface area contributed by atoms with Crippen LogP contribution in [0.4, 0.5) is 0 Å². The lowest BCUT2D eigenvalue weighted by Gasteiger charge is -2.32. The Labute approximate surface area is 131 Å². The van der Waals surface area contributed by atoms with Gasteiger partial charge in [0.1, 0.15) is 6.33 Å². The fourth-order valence-electron chi connectivity index (χ4n) is 2.77. The Morgan fingerprint density at radius 1 is 1.05 bits per heavy atom. The summed E-state index contributed by atoms with van der Waals surface area (Å²) in [6.07, 6.45) is 3.80. The van der Waals surface area contributed by atoms with Gasteiger partial charge in [-0.25, -0.2) is 9.97 Å². The number of para-hydroxylation sites is 1. The van der Waals surface area contributed by atoms with E-state index in [0.717, 1.165) is 23.9 Å². The molecule has 1 aromatic carbocycles. The maximum absolute atomic E-state index is 5.85. The highest BCUT2D eigenvalue weighted by Gasteiger charge is 2.12. The van der Waals surface area contributed by atoms with Crippen LogP contribution in [0.2, 0.25) is 0 Å². The third kappa shape index (κ3) is 3.93. The van der Waals surface area contributed by atoms with E-state index < -0.39 is 0 Å². The van der Waals surface area contributed by atoms with Crippen molar-refractivity contribution in [3.05, 3.63) is 30.6 Å². The zero-order chi connectivity index (χ0) is 15.2. The van der Waals surface area contributed by atoms with E-state index in [4.69, 9.17) is 4.74 Å². The second-order valence-electron chi connectivity index (χ2n) is 5.90. The van der Waals surface area contributed by atoms with E-state index in [1.54, 1.807) is 6.33 Å². The van der Waals surface area contributed by atoms with E-state index in [0.29, 0.717) is 5.88 Å². The van der Waals surface area contributed by atoms with Crippen molar-refractivity contribution in [1.29, 1.82) is 0 Å². The number of aromatic nitrogens is 2. The lowest BCUT2D eigenvalue weighted by molar-refractivity contribution is 0.149. The van der Waals surface area contributed by atoms with E-state index in [1.807, 2.05) is 24.3 Å². The molecule has 3 rings (SSSR count). The molecule has 0 radical (unpaired) electrons. The SMILES string of the molecule is CN1CCN(CCCCOc2ncnc3ccccc23)CC1. The van der Waals surface area contributed by atoms with Crippen molar-refractivity contribution in [2.75, 3.05) is 46.4 Å². The quantitative estimate of drug-likeness (QED) is 0.764. The van der Waals surface area contributed by atoms with Crippen molar-refractivity contribution in [1.82, 2.24) is 19.8 Å². The highest BCUT2D eigenvalue weighted by molar-refractivity contribution is 5.82. The van der Waals surface area contributed by atoms with Crippen LogP contribution in [0, 0.1) is 0 Å². The van der Waals surface area contributed by atoms with Crippen molar-refractivity contribution in [3.8, 4) is 5.88 Å². The molecule has 1 aliphatic heterocycles. The van der Waals surface area contributed by atoms with Gasteiger partial charge in [0, 0.05) is 26.2 Å². The summed E-state index contributed by atoms with van der Waals surface area (Å²) in [5, 5.41) is 0.990. The fourth-order valence-corrected chi connectivity index (χ4v) is 2.77. The minimum Gasteiger partial charge on any atom is -0.477 e. The molecule has 5 heteroatoms. The Bertz CT molecular complexity index is 591. The first kappa shape index (κ1) is 15.2. The maximum atomic E-state index is 5.85. The van der Waals surface area contributed by atoms with Crippen LogP contribution in [-0.4, -0.2) is 66.1 Å². The predicted octanol–water partition coefficient (Wildman–Crippen LogP) is 2.04. The first-order valence-corrected chi connectivity index (χ1v) is 8.06. The summed E-state index contributed by atoms with van der Waals surface area (Å²) in [6, 6.07) is 7.97. The summed E-state index contributed by atoms with van der Waals surface area (Å²) in [4.78, 5) is 13.4. The lowest BCUT2D eigenvalue weighted by atomic mass is 10.2. The zero-order valence-electron chi connectivity index (χ0n) is 13.2. The smallest absolute Gasteiger partial charge is 0.224 e. The van der Waals surface area contributed by atoms with Crippen molar-refractivity contribution in [2.24, 2.45) is 0 Å². The minimum absolute atomic E-state index is 0.699. The Morgan fingerprint density at radius 3 is 2.73 bits per heavy atom. The average molecular weight is 300 g/mol. The summed E-state index contributed by atoms with van der Waals surface area (Å²) >= 11 is 0. The molecule has 1 saturated heterocycles. The largest absolute Gasteiger partial charge is 0.477 e. The summed E-state index contributed by atoms with van der Waals surface area (Å²) < 4.78 is 5.85. The predicted molar refractivity (Wildman–Crippen MR) is 88.2 cm³/mol. The van der Waals surface area contributed by atoms with Gasteiger partial charge in [-0.1, -0.05) is 12.1 Å².